The van der Waals surface area contributed by atoms with E-state index >= 15 is 0 Å². The Kier molecular flexibility index (Phi) is 5.92. The molecule has 0 aromatic carbocycles. The fourth-order valence-electron chi connectivity index (χ4n) is 2.01. The summed E-state index contributed by atoms with van der Waals surface area (Å²) in [5, 5.41) is 3.36. The molecule has 4 atom stereocenters. The lowest BCUT2D eigenvalue weighted by molar-refractivity contribution is -0.148. The summed E-state index contributed by atoms with van der Waals surface area (Å²) in [6.45, 7) is 9.10. The molecule has 4 nitrogen and oxygen atoms in total. The SMILES string of the molecule is CCOC(=O)C(C)C(C)NCC1CCC(C)O1. The number of carbonyl (C=O) groups is 1. The Morgan fingerprint density at radius 3 is 2.71 bits per heavy atom. The van der Waals surface area contributed by atoms with Crippen molar-refractivity contribution in [2.75, 3.05) is 13.2 Å². The van der Waals surface area contributed by atoms with Crippen molar-refractivity contribution >= 4 is 5.97 Å². The molecule has 1 fully saturated rings. The molecule has 1 heterocycles. The van der Waals surface area contributed by atoms with Gasteiger partial charge in [-0.25, -0.2) is 0 Å². The summed E-state index contributed by atoms with van der Waals surface area (Å²) >= 11 is 0. The fraction of sp³-hybridized carbons (Fsp3) is 0.923. The Morgan fingerprint density at radius 2 is 2.18 bits per heavy atom. The molecule has 1 aliphatic rings. The lowest BCUT2D eigenvalue weighted by atomic mass is 10.0. The molecule has 4 heteroatoms. The molecule has 17 heavy (non-hydrogen) atoms. The van der Waals surface area contributed by atoms with E-state index in [2.05, 4.69) is 12.2 Å². The third kappa shape index (κ3) is 4.64. The molecule has 0 aliphatic carbocycles. The van der Waals surface area contributed by atoms with Crippen LogP contribution >= 0.6 is 0 Å². The van der Waals surface area contributed by atoms with Crippen LogP contribution in [0.2, 0.25) is 0 Å². The maximum Gasteiger partial charge on any atom is 0.310 e. The van der Waals surface area contributed by atoms with Crippen LogP contribution in [0.25, 0.3) is 0 Å². The van der Waals surface area contributed by atoms with Gasteiger partial charge in [0.1, 0.15) is 0 Å². The van der Waals surface area contributed by atoms with E-state index in [-0.39, 0.29) is 17.9 Å². The molecule has 1 N–H and O–H groups in total. The molecular weight excluding hydrogens is 218 g/mol. The molecule has 1 rings (SSSR count). The standard InChI is InChI=1S/C13H25NO3/c1-5-16-13(15)10(3)11(4)14-8-12-7-6-9(2)17-12/h9-12,14H,5-8H2,1-4H3. The van der Waals surface area contributed by atoms with E-state index in [1.54, 1.807) is 0 Å². The van der Waals surface area contributed by atoms with Gasteiger partial charge in [0.2, 0.25) is 0 Å². The van der Waals surface area contributed by atoms with Gasteiger partial charge in [0.25, 0.3) is 0 Å². The summed E-state index contributed by atoms with van der Waals surface area (Å²) in [6, 6.07) is 0.119. The predicted molar refractivity (Wildman–Crippen MR) is 66.8 cm³/mol. The Bertz CT molecular complexity index is 245. The number of esters is 1. The van der Waals surface area contributed by atoms with E-state index < -0.39 is 0 Å². The van der Waals surface area contributed by atoms with Crippen LogP contribution < -0.4 is 5.32 Å². The molecule has 0 amide bonds. The quantitative estimate of drug-likeness (QED) is 0.722. The highest BCUT2D eigenvalue weighted by molar-refractivity contribution is 5.72. The van der Waals surface area contributed by atoms with Crippen LogP contribution in [0, 0.1) is 5.92 Å². The number of ether oxygens (including phenoxy) is 2. The minimum absolute atomic E-state index is 0.117. The summed E-state index contributed by atoms with van der Waals surface area (Å²) in [5.41, 5.74) is 0. The Hall–Kier alpha value is -0.610. The first kappa shape index (κ1) is 14.5. The van der Waals surface area contributed by atoms with Gasteiger partial charge in [0, 0.05) is 12.6 Å². The zero-order valence-electron chi connectivity index (χ0n) is 11.4. The van der Waals surface area contributed by atoms with Crippen molar-refractivity contribution in [2.24, 2.45) is 5.92 Å². The van der Waals surface area contributed by atoms with Crippen molar-refractivity contribution < 1.29 is 14.3 Å². The summed E-state index contributed by atoms with van der Waals surface area (Å²) < 4.78 is 10.7. The fourth-order valence-corrected chi connectivity index (χ4v) is 2.01. The molecule has 0 saturated carbocycles. The summed E-state index contributed by atoms with van der Waals surface area (Å²) in [4.78, 5) is 11.5. The third-order valence-corrected chi connectivity index (χ3v) is 3.40. The Morgan fingerprint density at radius 1 is 1.47 bits per heavy atom. The monoisotopic (exact) mass is 243 g/mol. The molecular formula is C13H25NO3. The third-order valence-electron chi connectivity index (χ3n) is 3.40. The van der Waals surface area contributed by atoms with Crippen LogP contribution in [-0.2, 0) is 14.3 Å². The van der Waals surface area contributed by atoms with Crippen molar-refractivity contribution in [3.63, 3.8) is 0 Å². The van der Waals surface area contributed by atoms with Gasteiger partial charge in [-0.05, 0) is 33.6 Å². The van der Waals surface area contributed by atoms with Gasteiger partial charge in [-0.3, -0.25) is 4.79 Å². The second kappa shape index (κ2) is 6.97. The molecule has 0 spiro atoms. The van der Waals surface area contributed by atoms with Gasteiger partial charge in [-0.1, -0.05) is 6.92 Å². The van der Waals surface area contributed by atoms with Crippen LogP contribution in [-0.4, -0.2) is 37.4 Å². The first-order chi connectivity index (χ1) is 8.04. The number of hydrogen-bond acceptors (Lipinski definition) is 4. The van der Waals surface area contributed by atoms with E-state index in [4.69, 9.17) is 9.47 Å². The largest absolute Gasteiger partial charge is 0.466 e. The molecule has 100 valence electrons. The van der Waals surface area contributed by atoms with Gasteiger partial charge in [0.05, 0.1) is 24.7 Å². The highest BCUT2D eigenvalue weighted by Crippen LogP contribution is 2.18. The zero-order valence-corrected chi connectivity index (χ0v) is 11.4. The molecule has 0 radical (unpaired) electrons. The van der Waals surface area contributed by atoms with E-state index in [9.17, 15) is 4.79 Å². The average Bonchev–Trinajstić information content (AvgIpc) is 2.71. The number of nitrogens with one attached hydrogen (secondary N) is 1. The van der Waals surface area contributed by atoms with Crippen LogP contribution in [0.15, 0.2) is 0 Å². The van der Waals surface area contributed by atoms with Crippen molar-refractivity contribution in [1.82, 2.24) is 5.32 Å². The number of hydrogen-bond donors (Lipinski definition) is 1. The Balaban J connectivity index is 2.24. The lowest BCUT2D eigenvalue weighted by Gasteiger charge is -2.21. The minimum Gasteiger partial charge on any atom is -0.466 e. The van der Waals surface area contributed by atoms with Crippen molar-refractivity contribution in [3.8, 4) is 0 Å². The summed E-state index contributed by atoms with van der Waals surface area (Å²) in [7, 11) is 0. The molecule has 0 bridgehead atoms. The van der Waals surface area contributed by atoms with Crippen LogP contribution in [0.5, 0.6) is 0 Å². The number of carbonyl (C=O) groups excluding carboxylic acids is 1. The zero-order chi connectivity index (χ0) is 12.8. The molecule has 0 aromatic rings. The second-order valence-corrected chi connectivity index (χ2v) is 4.88. The topological polar surface area (TPSA) is 47.6 Å². The van der Waals surface area contributed by atoms with Crippen molar-refractivity contribution in [1.29, 1.82) is 0 Å². The average molecular weight is 243 g/mol. The summed E-state index contributed by atoms with van der Waals surface area (Å²) in [6.07, 6.45) is 2.91. The molecule has 1 saturated heterocycles. The maximum absolute atomic E-state index is 11.5. The molecule has 4 unspecified atom stereocenters. The van der Waals surface area contributed by atoms with E-state index in [0.29, 0.717) is 18.8 Å². The van der Waals surface area contributed by atoms with Gasteiger partial charge in [-0.15, -0.1) is 0 Å². The number of rotatable bonds is 6. The van der Waals surface area contributed by atoms with E-state index in [1.807, 2.05) is 20.8 Å². The molecule has 1 aliphatic heterocycles. The first-order valence-corrected chi connectivity index (χ1v) is 6.60. The van der Waals surface area contributed by atoms with Gasteiger partial charge in [0.15, 0.2) is 0 Å². The van der Waals surface area contributed by atoms with Crippen LogP contribution in [0.4, 0.5) is 0 Å². The Labute approximate surface area is 104 Å². The summed E-state index contributed by atoms with van der Waals surface area (Å²) in [5.74, 6) is -0.248. The van der Waals surface area contributed by atoms with E-state index in [1.165, 1.54) is 0 Å². The van der Waals surface area contributed by atoms with Crippen LogP contribution in [0.1, 0.15) is 40.5 Å². The van der Waals surface area contributed by atoms with Crippen LogP contribution in [0.3, 0.4) is 0 Å². The van der Waals surface area contributed by atoms with Gasteiger partial charge >= 0.3 is 5.97 Å². The maximum atomic E-state index is 11.5. The van der Waals surface area contributed by atoms with Crippen molar-refractivity contribution in [2.45, 2.75) is 58.8 Å². The van der Waals surface area contributed by atoms with Crippen molar-refractivity contribution in [3.05, 3.63) is 0 Å². The minimum atomic E-state index is -0.131. The normalized spacial score (nSPS) is 27.8. The highest BCUT2D eigenvalue weighted by Gasteiger charge is 2.25. The second-order valence-electron chi connectivity index (χ2n) is 4.88. The smallest absolute Gasteiger partial charge is 0.310 e. The first-order valence-electron chi connectivity index (χ1n) is 6.60. The van der Waals surface area contributed by atoms with Gasteiger partial charge < -0.3 is 14.8 Å². The van der Waals surface area contributed by atoms with E-state index in [0.717, 1.165) is 19.4 Å². The molecule has 0 aromatic heterocycles. The predicted octanol–water partition coefficient (Wildman–Crippen LogP) is 1.73. The lowest BCUT2D eigenvalue weighted by Crippen LogP contribution is -2.40. The van der Waals surface area contributed by atoms with Gasteiger partial charge in [-0.2, -0.15) is 0 Å². The highest BCUT2D eigenvalue weighted by atomic mass is 16.5.